The summed E-state index contributed by atoms with van der Waals surface area (Å²) in [4.78, 5) is 28.8. The molecular formula is C15H11ClF4N4O2. The van der Waals surface area contributed by atoms with Gasteiger partial charge in [0, 0.05) is 20.2 Å². The van der Waals surface area contributed by atoms with Gasteiger partial charge in [-0.2, -0.15) is 13.2 Å². The Balaban J connectivity index is 2.51. The van der Waals surface area contributed by atoms with E-state index in [-0.39, 0.29) is 26.7 Å². The highest BCUT2D eigenvalue weighted by molar-refractivity contribution is 6.35. The maximum Gasteiger partial charge on any atom is 0.431 e. The van der Waals surface area contributed by atoms with Crippen molar-refractivity contribution < 1.29 is 17.6 Å². The third-order valence-corrected chi connectivity index (χ3v) is 4.37. The Morgan fingerprint density at radius 3 is 2.31 bits per heavy atom. The van der Waals surface area contributed by atoms with Gasteiger partial charge in [-0.3, -0.25) is 9.36 Å². The second-order valence-corrected chi connectivity index (χ2v) is 6.05. The fraction of sp³-hybridized carbons (Fsp3) is 0.267. The first kappa shape index (κ1) is 18.2. The molecule has 11 heteroatoms. The summed E-state index contributed by atoms with van der Waals surface area (Å²) in [6.45, 7) is 1.59. The van der Waals surface area contributed by atoms with Gasteiger partial charge in [0.25, 0.3) is 5.56 Å². The summed E-state index contributed by atoms with van der Waals surface area (Å²) in [6, 6.07) is 1.11. The van der Waals surface area contributed by atoms with Gasteiger partial charge in [0.05, 0.1) is 10.5 Å². The molecule has 3 aromatic rings. The molecule has 1 aromatic carbocycles. The number of halogens is 5. The Hall–Kier alpha value is -2.62. The van der Waals surface area contributed by atoms with Gasteiger partial charge in [-0.25, -0.2) is 18.7 Å². The molecule has 138 valence electrons. The maximum absolute atomic E-state index is 14.6. The fourth-order valence-electron chi connectivity index (χ4n) is 2.73. The molecule has 0 saturated carbocycles. The minimum atomic E-state index is -4.92. The van der Waals surface area contributed by atoms with Gasteiger partial charge in [0.2, 0.25) is 0 Å². The highest BCUT2D eigenvalue weighted by Crippen LogP contribution is 2.31. The number of rotatable bonds is 1. The molecule has 0 amide bonds. The summed E-state index contributed by atoms with van der Waals surface area (Å²) in [5.41, 5.74) is -4.52. The molecule has 0 unspecified atom stereocenters. The number of benzene rings is 1. The van der Waals surface area contributed by atoms with Gasteiger partial charge in [0.15, 0.2) is 5.82 Å². The molecule has 26 heavy (non-hydrogen) atoms. The fourth-order valence-corrected chi connectivity index (χ4v) is 3.04. The molecule has 0 aliphatic heterocycles. The van der Waals surface area contributed by atoms with Crippen LogP contribution in [0, 0.1) is 12.7 Å². The average molecular weight is 391 g/mol. The van der Waals surface area contributed by atoms with E-state index in [2.05, 4.69) is 4.98 Å². The van der Waals surface area contributed by atoms with Crippen LogP contribution in [0.1, 0.15) is 11.5 Å². The van der Waals surface area contributed by atoms with Crippen LogP contribution in [0.5, 0.6) is 0 Å². The maximum atomic E-state index is 14.6. The predicted octanol–water partition coefficient (Wildman–Crippen LogP) is 2.54. The number of hydrogen-bond donors (Lipinski definition) is 0. The van der Waals surface area contributed by atoms with E-state index in [0.29, 0.717) is 10.4 Å². The van der Waals surface area contributed by atoms with Crippen molar-refractivity contribution in [3.05, 3.63) is 55.3 Å². The number of fused-ring (bicyclic) bond motifs is 1. The SMILES string of the molecule is Cc1nc2c(-n3c(=O)cc(C(F)(F)F)n(C)c3=O)c(F)cc(Cl)c2n1C. The summed E-state index contributed by atoms with van der Waals surface area (Å²) in [5, 5.41) is -0.0128. The Morgan fingerprint density at radius 1 is 1.12 bits per heavy atom. The van der Waals surface area contributed by atoms with Crippen molar-refractivity contribution in [2.75, 3.05) is 0 Å². The zero-order valence-electron chi connectivity index (χ0n) is 13.6. The quantitative estimate of drug-likeness (QED) is 0.600. The zero-order chi connectivity index (χ0) is 19.5. The second-order valence-electron chi connectivity index (χ2n) is 5.65. The highest BCUT2D eigenvalue weighted by Gasteiger charge is 2.35. The van der Waals surface area contributed by atoms with Crippen LogP contribution in [0.25, 0.3) is 16.7 Å². The van der Waals surface area contributed by atoms with E-state index in [1.807, 2.05) is 0 Å². The van der Waals surface area contributed by atoms with Crippen LogP contribution in [0.15, 0.2) is 21.7 Å². The molecule has 2 heterocycles. The molecule has 0 atom stereocenters. The molecule has 0 bridgehead atoms. The number of hydrogen-bond acceptors (Lipinski definition) is 3. The van der Waals surface area contributed by atoms with Gasteiger partial charge in [0.1, 0.15) is 22.7 Å². The number of aromatic nitrogens is 4. The molecular weight excluding hydrogens is 380 g/mol. The van der Waals surface area contributed by atoms with Gasteiger partial charge >= 0.3 is 11.9 Å². The Labute approximate surface area is 147 Å². The van der Waals surface area contributed by atoms with Crippen LogP contribution in [0.3, 0.4) is 0 Å². The van der Waals surface area contributed by atoms with E-state index < -0.39 is 34.6 Å². The lowest BCUT2D eigenvalue weighted by Crippen LogP contribution is -2.41. The summed E-state index contributed by atoms with van der Waals surface area (Å²) < 4.78 is 55.5. The molecule has 2 aromatic heterocycles. The number of imidazole rings is 1. The summed E-state index contributed by atoms with van der Waals surface area (Å²) in [6.07, 6.45) is -4.92. The van der Waals surface area contributed by atoms with Crippen molar-refractivity contribution in [2.24, 2.45) is 14.1 Å². The monoisotopic (exact) mass is 390 g/mol. The van der Waals surface area contributed by atoms with E-state index in [4.69, 9.17) is 11.6 Å². The van der Waals surface area contributed by atoms with Crippen LogP contribution in [-0.2, 0) is 20.3 Å². The topological polar surface area (TPSA) is 61.8 Å². The zero-order valence-corrected chi connectivity index (χ0v) is 14.4. The van der Waals surface area contributed by atoms with Crippen LogP contribution in [-0.4, -0.2) is 18.7 Å². The third kappa shape index (κ3) is 2.52. The molecule has 6 nitrogen and oxygen atoms in total. The van der Waals surface area contributed by atoms with E-state index in [0.717, 1.165) is 13.1 Å². The Bertz CT molecular complexity index is 1170. The molecule has 3 rings (SSSR count). The van der Waals surface area contributed by atoms with Gasteiger partial charge in [-0.1, -0.05) is 11.6 Å². The van der Waals surface area contributed by atoms with E-state index in [1.165, 1.54) is 4.57 Å². The molecule has 0 spiro atoms. The summed E-state index contributed by atoms with van der Waals surface area (Å²) in [7, 11) is 2.43. The molecule has 0 radical (unpaired) electrons. The van der Waals surface area contributed by atoms with Gasteiger partial charge in [-0.15, -0.1) is 0 Å². The van der Waals surface area contributed by atoms with Crippen LogP contribution in [0.2, 0.25) is 5.02 Å². The van der Waals surface area contributed by atoms with Crippen molar-refractivity contribution in [1.82, 2.24) is 18.7 Å². The van der Waals surface area contributed by atoms with Crippen LogP contribution in [0.4, 0.5) is 17.6 Å². The van der Waals surface area contributed by atoms with E-state index >= 15 is 0 Å². The summed E-state index contributed by atoms with van der Waals surface area (Å²) in [5.74, 6) is -0.648. The number of aryl methyl sites for hydroxylation is 2. The third-order valence-electron chi connectivity index (χ3n) is 4.08. The molecule has 0 aliphatic rings. The van der Waals surface area contributed by atoms with Gasteiger partial charge in [-0.05, 0) is 13.0 Å². The largest absolute Gasteiger partial charge is 0.431 e. The molecule has 0 N–H and O–H groups in total. The van der Waals surface area contributed by atoms with Crippen molar-refractivity contribution in [3.63, 3.8) is 0 Å². The molecule has 0 saturated heterocycles. The van der Waals surface area contributed by atoms with E-state index in [9.17, 15) is 27.2 Å². The first-order valence-electron chi connectivity index (χ1n) is 7.16. The first-order chi connectivity index (χ1) is 11.9. The van der Waals surface area contributed by atoms with Crippen LogP contribution < -0.4 is 11.2 Å². The van der Waals surface area contributed by atoms with Crippen molar-refractivity contribution >= 4 is 22.6 Å². The Kier molecular flexibility index (Phi) is 3.98. The average Bonchev–Trinajstić information content (AvgIpc) is 2.80. The lowest BCUT2D eigenvalue weighted by Gasteiger charge is -2.14. The number of nitrogens with zero attached hydrogens (tertiary/aromatic N) is 4. The number of alkyl halides is 3. The lowest BCUT2D eigenvalue weighted by atomic mass is 10.2. The normalized spacial score (nSPS) is 12.2. The highest BCUT2D eigenvalue weighted by atomic mass is 35.5. The van der Waals surface area contributed by atoms with E-state index in [1.54, 1.807) is 14.0 Å². The lowest BCUT2D eigenvalue weighted by molar-refractivity contribution is -0.144. The molecule has 0 fully saturated rings. The summed E-state index contributed by atoms with van der Waals surface area (Å²) >= 11 is 6.02. The molecule has 0 aliphatic carbocycles. The van der Waals surface area contributed by atoms with Crippen molar-refractivity contribution in [1.29, 1.82) is 0 Å². The second kappa shape index (κ2) is 5.70. The standard InChI is InChI=1S/C15H11ClF4N4O2/c1-6-21-11-12(22(6)2)7(16)4-8(17)13(11)24-10(25)5-9(15(18,19)20)23(3)14(24)26/h4-5H,1-3H3. The Morgan fingerprint density at radius 2 is 1.73 bits per heavy atom. The van der Waals surface area contributed by atoms with Gasteiger partial charge < -0.3 is 4.57 Å². The van der Waals surface area contributed by atoms with Crippen molar-refractivity contribution in [2.45, 2.75) is 13.1 Å². The van der Waals surface area contributed by atoms with Crippen molar-refractivity contribution in [3.8, 4) is 5.69 Å². The predicted molar refractivity (Wildman–Crippen MR) is 86.3 cm³/mol. The first-order valence-corrected chi connectivity index (χ1v) is 7.54. The smallest absolute Gasteiger partial charge is 0.330 e. The van der Waals surface area contributed by atoms with Crippen LogP contribution >= 0.6 is 11.6 Å². The minimum absolute atomic E-state index is 0.0128. The minimum Gasteiger partial charge on any atom is -0.330 e.